The molecule has 0 aromatic carbocycles. The van der Waals surface area contributed by atoms with E-state index in [0.717, 1.165) is 19.3 Å². The molecule has 0 radical (unpaired) electrons. The van der Waals surface area contributed by atoms with Gasteiger partial charge < -0.3 is 14.9 Å². The van der Waals surface area contributed by atoms with Crippen LogP contribution < -0.4 is 4.90 Å². The molecule has 2 rings (SSSR count). The maximum atomic E-state index is 12.7. The van der Waals surface area contributed by atoms with Crippen LogP contribution in [0.3, 0.4) is 0 Å². The molecule has 24 heavy (non-hydrogen) atoms. The van der Waals surface area contributed by atoms with E-state index in [4.69, 9.17) is 0 Å². The van der Waals surface area contributed by atoms with Crippen LogP contribution in [0.1, 0.15) is 49.2 Å². The molecule has 1 amide bonds. The van der Waals surface area contributed by atoms with Crippen molar-refractivity contribution < 1.29 is 9.90 Å². The zero-order valence-corrected chi connectivity index (χ0v) is 15.5. The van der Waals surface area contributed by atoms with Crippen molar-refractivity contribution in [3.8, 4) is 0 Å². The Hall–Kier alpha value is -1.69. The number of nitrogens with zero attached hydrogens (tertiary/aromatic N) is 4. The highest BCUT2D eigenvalue weighted by Crippen LogP contribution is 2.25. The van der Waals surface area contributed by atoms with Gasteiger partial charge in [0.25, 0.3) is 5.91 Å². The van der Waals surface area contributed by atoms with Gasteiger partial charge in [-0.2, -0.15) is 0 Å². The number of hydrogen-bond acceptors (Lipinski definition) is 5. The van der Waals surface area contributed by atoms with Crippen molar-refractivity contribution in [2.24, 2.45) is 11.8 Å². The van der Waals surface area contributed by atoms with E-state index in [-0.39, 0.29) is 12.0 Å². The number of hydrogen-bond donors (Lipinski definition) is 1. The minimum atomic E-state index is -0.258. The van der Waals surface area contributed by atoms with E-state index in [1.54, 1.807) is 6.20 Å². The summed E-state index contributed by atoms with van der Waals surface area (Å²) in [6.07, 6.45) is 3.91. The summed E-state index contributed by atoms with van der Waals surface area (Å²) in [4.78, 5) is 25.1. The molecule has 0 bridgehead atoms. The number of carbonyl (C=O) groups excluding carboxylic acids is 1. The lowest BCUT2D eigenvalue weighted by Crippen LogP contribution is -2.41. The Balaban J connectivity index is 1.98. The van der Waals surface area contributed by atoms with Crippen LogP contribution in [0.2, 0.25) is 0 Å². The number of aromatic nitrogens is 2. The van der Waals surface area contributed by atoms with E-state index < -0.39 is 0 Å². The Bertz CT molecular complexity index is 566. The Morgan fingerprint density at radius 2 is 2.00 bits per heavy atom. The van der Waals surface area contributed by atoms with E-state index in [0.29, 0.717) is 42.1 Å². The van der Waals surface area contributed by atoms with Gasteiger partial charge in [-0.1, -0.05) is 13.8 Å². The van der Waals surface area contributed by atoms with Gasteiger partial charge in [-0.25, -0.2) is 9.97 Å². The van der Waals surface area contributed by atoms with Crippen LogP contribution in [0, 0.1) is 18.8 Å². The third kappa shape index (κ3) is 4.44. The number of piperidine rings is 1. The quantitative estimate of drug-likeness (QED) is 0.893. The number of aliphatic hydroxyl groups is 1. The molecular weight excluding hydrogens is 304 g/mol. The standard InChI is InChI=1S/C18H30N4O2/c1-12(2)10-16(23)14-6-8-22(9-7-14)17(24)15-11-19-18(21(4)5)20-13(15)3/h11-12,14,16,23H,6-10H2,1-5H3. The Morgan fingerprint density at radius 3 is 2.50 bits per heavy atom. The van der Waals surface area contributed by atoms with Crippen molar-refractivity contribution in [1.29, 1.82) is 0 Å². The highest BCUT2D eigenvalue weighted by molar-refractivity contribution is 5.95. The number of aliphatic hydroxyl groups excluding tert-OH is 1. The molecule has 1 aliphatic rings. The van der Waals surface area contributed by atoms with Gasteiger partial charge in [-0.3, -0.25) is 4.79 Å². The molecule has 134 valence electrons. The number of anilines is 1. The van der Waals surface area contributed by atoms with Crippen LogP contribution in [0.4, 0.5) is 5.95 Å². The van der Waals surface area contributed by atoms with Crippen molar-refractivity contribution in [2.75, 3.05) is 32.1 Å². The third-order valence-electron chi connectivity index (χ3n) is 4.68. The number of carbonyl (C=O) groups is 1. The monoisotopic (exact) mass is 334 g/mol. The van der Waals surface area contributed by atoms with Crippen molar-refractivity contribution in [2.45, 2.75) is 46.1 Å². The highest BCUT2D eigenvalue weighted by Gasteiger charge is 2.29. The first-order valence-corrected chi connectivity index (χ1v) is 8.78. The lowest BCUT2D eigenvalue weighted by atomic mass is 9.87. The molecule has 1 saturated heterocycles. The van der Waals surface area contributed by atoms with Crippen LogP contribution in [0.15, 0.2) is 6.20 Å². The van der Waals surface area contributed by atoms with Gasteiger partial charge in [0.15, 0.2) is 0 Å². The summed E-state index contributed by atoms with van der Waals surface area (Å²) in [6.45, 7) is 7.48. The molecule has 1 atom stereocenters. The summed E-state index contributed by atoms with van der Waals surface area (Å²) in [7, 11) is 3.76. The van der Waals surface area contributed by atoms with Gasteiger partial charge in [0.1, 0.15) is 0 Å². The molecule has 0 spiro atoms. The molecule has 1 aromatic rings. The number of rotatable bonds is 5. The fraction of sp³-hybridized carbons (Fsp3) is 0.722. The van der Waals surface area contributed by atoms with E-state index in [2.05, 4.69) is 23.8 Å². The van der Waals surface area contributed by atoms with E-state index >= 15 is 0 Å². The van der Waals surface area contributed by atoms with Gasteiger partial charge in [0.05, 0.1) is 17.4 Å². The van der Waals surface area contributed by atoms with Crippen molar-refractivity contribution in [3.63, 3.8) is 0 Å². The Kier molecular flexibility index (Phi) is 6.15. The first kappa shape index (κ1) is 18.6. The second-order valence-corrected chi connectivity index (χ2v) is 7.39. The van der Waals surface area contributed by atoms with Crippen LogP contribution in [-0.4, -0.2) is 59.2 Å². The second kappa shape index (κ2) is 7.92. The number of aryl methyl sites for hydroxylation is 1. The van der Waals surface area contributed by atoms with E-state index in [9.17, 15) is 9.90 Å². The maximum absolute atomic E-state index is 12.7. The molecule has 0 saturated carbocycles. The average molecular weight is 334 g/mol. The summed E-state index contributed by atoms with van der Waals surface area (Å²) in [5, 5.41) is 10.3. The largest absolute Gasteiger partial charge is 0.393 e. The van der Waals surface area contributed by atoms with Crippen LogP contribution in [-0.2, 0) is 0 Å². The summed E-state index contributed by atoms with van der Waals surface area (Å²) >= 11 is 0. The molecule has 6 heteroatoms. The zero-order valence-electron chi connectivity index (χ0n) is 15.5. The van der Waals surface area contributed by atoms with Crippen LogP contribution >= 0.6 is 0 Å². The molecule has 1 aromatic heterocycles. The minimum absolute atomic E-state index is 0.00499. The summed E-state index contributed by atoms with van der Waals surface area (Å²) in [5.41, 5.74) is 1.28. The number of amides is 1. The van der Waals surface area contributed by atoms with Gasteiger partial charge in [-0.15, -0.1) is 0 Å². The smallest absolute Gasteiger partial charge is 0.257 e. The normalized spacial score (nSPS) is 17.2. The SMILES string of the molecule is Cc1nc(N(C)C)ncc1C(=O)N1CCC(C(O)CC(C)C)CC1. The van der Waals surface area contributed by atoms with Crippen LogP contribution in [0.5, 0.6) is 0 Å². The molecule has 1 N–H and O–H groups in total. The van der Waals surface area contributed by atoms with E-state index in [1.807, 2.05) is 30.8 Å². The zero-order chi connectivity index (χ0) is 17.9. The summed E-state index contributed by atoms with van der Waals surface area (Å²) in [6, 6.07) is 0. The fourth-order valence-corrected chi connectivity index (χ4v) is 3.21. The molecule has 1 unspecified atom stereocenters. The first-order chi connectivity index (χ1) is 11.3. The Morgan fingerprint density at radius 1 is 1.38 bits per heavy atom. The molecule has 1 fully saturated rings. The Labute approximate surface area is 144 Å². The summed E-state index contributed by atoms with van der Waals surface area (Å²) in [5.74, 6) is 1.40. The van der Waals surface area contributed by atoms with Gasteiger partial charge in [0, 0.05) is 33.4 Å². The maximum Gasteiger partial charge on any atom is 0.257 e. The van der Waals surface area contributed by atoms with Gasteiger partial charge in [0.2, 0.25) is 5.95 Å². The average Bonchev–Trinajstić information content (AvgIpc) is 2.53. The van der Waals surface area contributed by atoms with Crippen molar-refractivity contribution >= 4 is 11.9 Å². The molecular formula is C18H30N4O2. The first-order valence-electron chi connectivity index (χ1n) is 8.78. The minimum Gasteiger partial charge on any atom is -0.393 e. The summed E-state index contributed by atoms with van der Waals surface area (Å²) < 4.78 is 0. The predicted octanol–water partition coefficient (Wildman–Crippen LogP) is 2.11. The molecule has 0 aliphatic carbocycles. The molecule has 2 heterocycles. The van der Waals surface area contributed by atoms with Crippen LogP contribution in [0.25, 0.3) is 0 Å². The van der Waals surface area contributed by atoms with E-state index in [1.165, 1.54) is 0 Å². The molecule has 1 aliphatic heterocycles. The van der Waals surface area contributed by atoms with Crippen molar-refractivity contribution in [1.82, 2.24) is 14.9 Å². The van der Waals surface area contributed by atoms with Crippen molar-refractivity contribution in [3.05, 3.63) is 17.5 Å². The third-order valence-corrected chi connectivity index (χ3v) is 4.68. The van der Waals surface area contributed by atoms with Gasteiger partial charge >= 0.3 is 0 Å². The highest BCUT2D eigenvalue weighted by atomic mass is 16.3. The number of likely N-dealkylation sites (tertiary alicyclic amines) is 1. The fourth-order valence-electron chi connectivity index (χ4n) is 3.21. The topological polar surface area (TPSA) is 69.6 Å². The molecule has 6 nitrogen and oxygen atoms in total. The van der Waals surface area contributed by atoms with Gasteiger partial charge in [-0.05, 0) is 38.0 Å². The lowest BCUT2D eigenvalue weighted by molar-refractivity contribution is 0.0384. The second-order valence-electron chi connectivity index (χ2n) is 7.39. The lowest BCUT2D eigenvalue weighted by Gasteiger charge is -2.35. The predicted molar refractivity (Wildman–Crippen MR) is 95.2 cm³/mol.